The number of halogens is 1. The first kappa shape index (κ1) is 31.2. The lowest BCUT2D eigenvalue weighted by Gasteiger charge is -2.15. The minimum Gasteiger partial charge on any atom is -0.466 e. The van der Waals surface area contributed by atoms with E-state index in [9.17, 15) is 9.18 Å². The summed E-state index contributed by atoms with van der Waals surface area (Å²) < 4.78 is 23.1. The van der Waals surface area contributed by atoms with E-state index in [0.29, 0.717) is 18.9 Å². The molecular formula is C33H44FNO3. The number of hydrogen-bond acceptors (Lipinski definition) is 4. The van der Waals surface area contributed by atoms with E-state index >= 15 is 0 Å². The van der Waals surface area contributed by atoms with Crippen LogP contribution in [0.1, 0.15) is 89.8 Å². The van der Waals surface area contributed by atoms with Gasteiger partial charge in [0.1, 0.15) is 5.82 Å². The molecule has 4 rings (SSSR count). The van der Waals surface area contributed by atoms with Crippen molar-refractivity contribution < 1.29 is 18.7 Å². The number of ether oxygens (including phenoxy) is 2. The van der Waals surface area contributed by atoms with E-state index < -0.39 is 0 Å². The standard InChI is InChI=1S/C27H28FNO2.C3H8O.C3H8/c1-2-31-25(30)12-6-4-3-5-10-23-26(19-15-17-21(28)18-16-19)22-9-7-8-11-24(22)29-27(23)20-13-14-20;1-3-4-2;1-3-2/h5,7-11,15-18,20H,2-4,6,12-14H2,1H3;3H2,1-2H3;3H2,1-2H3/b10-5+;;. The van der Waals surface area contributed by atoms with Gasteiger partial charge in [0.25, 0.3) is 0 Å². The summed E-state index contributed by atoms with van der Waals surface area (Å²) in [6, 6.07) is 14.9. The van der Waals surface area contributed by atoms with Gasteiger partial charge >= 0.3 is 5.97 Å². The third kappa shape index (κ3) is 10.0. The topological polar surface area (TPSA) is 48.4 Å². The van der Waals surface area contributed by atoms with Crippen LogP contribution in [0, 0.1) is 5.82 Å². The summed E-state index contributed by atoms with van der Waals surface area (Å²) in [6.07, 6.45) is 11.0. The SMILES string of the molecule is CCC.CCOC.CCOC(=O)CCCC/C=C/c1c(C2CC2)nc2ccccc2c1-c1ccc(F)cc1. The molecule has 38 heavy (non-hydrogen) atoms. The smallest absolute Gasteiger partial charge is 0.305 e. The Kier molecular flexibility index (Phi) is 14.3. The molecule has 0 aliphatic heterocycles. The fourth-order valence-electron chi connectivity index (χ4n) is 3.98. The molecule has 1 aliphatic rings. The highest BCUT2D eigenvalue weighted by Crippen LogP contribution is 2.45. The van der Waals surface area contributed by atoms with Crippen LogP contribution in [0.2, 0.25) is 0 Å². The summed E-state index contributed by atoms with van der Waals surface area (Å²) >= 11 is 0. The summed E-state index contributed by atoms with van der Waals surface area (Å²) in [5.41, 5.74) is 5.38. The van der Waals surface area contributed by atoms with Crippen molar-refractivity contribution in [3.05, 3.63) is 71.7 Å². The van der Waals surface area contributed by atoms with Crippen LogP contribution in [-0.4, -0.2) is 31.3 Å². The first-order valence-electron chi connectivity index (χ1n) is 14.0. The van der Waals surface area contributed by atoms with E-state index in [1.807, 2.05) is 38.1 Å². The molecule has 0 amide bonds. The van der Waals surface area contributed by atoms with Crippen molar-refractivity contribution in [2.45, 2.75) is 78.6 Å². The third-order valence-electron chi connectivity index (χ3n) is 5.94. The monoisotopic (exact) mass is 521 g/mol. The van der Waals surface area contributed by atoms with Crippen molar-refractivity contribution in [1.82, 2.24) is 4.98 Å². The zero-order chi connectivity index (χ0) is 27.8. The molecule has 0 radical (unpaired) electrons. The normalized spacial score (nSPS) is 12.5. The molecule has 0 atom stereocenters. The number of aromatic nitrogens is 1. The molecule has 1 aromatic heterocycles. The quantitative estimate of drug-likeness (QED) is 0.197. The number of methoxy groups -OCH3 is 1. The van der Waals surface area contributed by atoms with Crippen molar-refractivity contribution in [3.8, 4) is 11.1 Å². The number of pyridine rings is 1. The molecule has 2 aromatic carbocycles. The molecule has 0 spiro atoms. The number of para-hydroxylation sites is 1. The molecule has 5 heteroatoms. The van der Waals surface area contributed by atoms with Gasteiger partial charge in [0.05, 0.1) is 17.8 Å². The number of nitrogens with zero attached hydrogens (tertiary/aromatic N) is 1. The van der Waals surface area contributed by atoms with Crippen LogP contribution >= 0.6 is 0 Å². The van der Waals surface area contributed by atoms with Crippen molar-refractivity contribution in [2.75, 3.05) is 20.3 Å². The van der Waals surface area contributed by atoms with E-state index in [4.69, 9.17) is 9.72 Å². The van der Waals surface area contributed by atoms with Gasteiger partial charge in [0.15, 0.2) is 0 Å². The first-order valence-corrected chi connectivity index (χ1v) is 14.0. The fraction of sp³-hybridized carbons (Fsp3) is 0.455. The van der Waals surface area contributed by atoms with Gasteiger partial charge in [0.2, 0.25) is 0 Å². The number of rotatable bonds is 10. The number of allylic oxidation sites excluding steroid dienone is 1. The summed E-state index contributed by atoms with van der Waals surface area (Å²) in [6.45, 7) is 9.29. The number of carbonyl (C=O) groups is 1. The van der Waals surface area contributed by atoms with Crippen LogP contribution in [0.3, 0.4) is 0 Å². The van der Waals surface area contributed by atoms with Gasteiger partial charge in [-0.2, -0.15) is 0 Å². The Bertz CT molecular complexity index is 1130. The highest BCUT2D eigenvalue weighted by Gasteiger charge is 2.29. The second kappa shape index (κ2) is 17.5. The van der Waals surface area contributed by atoms with E-state index in [1.54, 1.807) is 7.11 Å². The van der Waals surface area contributed by atoms with Gasteiger partial charge in [-0.1, -0.05) is 62.8 Å². The maximum absolute atomic E-state index is 13.6. The fourth-order valence-corrected chi connectivity index (χ4v) is 3.98. The van der Waals surface area contributed by atoms with Gasteiger partial charge < -0.3 is 9.47 Å². The molecule has 0 saturated heterocycles. The number of esters is 1. The molecule has 1 heterocycles. The molecule has 1 fully saturated rings. The van der Waals surface area contributed by atoms with Crippen molar-refractivity contribution in [2.24, 2.45) is 0 Å². The number of carbonyl (C=O) groups excluding carboxylic acids is 1. The number of unbranched alkanes of at least 4 members (excludes halogenated alkanes) is 2. The van der Waals surface area contributed by atoms with Gasteiger partial charge in [0, 0.05) is 42.6 Å². The molecule has 0 unspecified atom stereocenters. The average Bonchev–Trinajstić information content (AvgIpc) is 3.77. The van der Waals surface area contributed by atoms with E-state index in [1.165, 1.54) is 18.6 Å². The Labute approximate surface area is 228 Å². The molecular weight excluding hydrogens is 477 g/mol. The van der Waals surface area contributed by atoms with Gasteiger partial charge in [-0.15, -0.1) is 0 Å². The van der Waals surface area contributed by atoms with E-state index in [-0.39, 0.29) is 11.8 Å². The molecule has 1 aliphatic carbocycles. The highest BCUT2D eigenvalue weighted by atomic mass is 19.1. The second-order valence-electron chi connectivity index (χ2n) is 9.32. The predicted octanol–water partition coefficient (Wildman–Crippen LogP) is 9.12. The van der Waals surface area contributed by atoms with Crippen LogP contribution < -0.4 is 0 Å². The maximum Gasteiger partial charge on any atom is 0.305 e. The second-order valence-corrected chi connectivity index (χ2v) is 9.32. The Morgan fingerprint density at radius 1 is 1.00 bits per heavy atom. The minimum absolute atomic E-state index is 0.125. The van der Waals surface area contributed by atoms with Crippen LogP contribution in [0.4, 0.5) is 4.39 Å². The number of hydrogen-bond donors (Lipinski definition) is 0. The Hall–Kier alpha value is -3.05. The minimum atomic E-state index is -0.233. The highest BCUT2D eigenvalue weighted by molar-refractivity contribution is 5.99. The lowest BCUT2D eigenvalue weighted by atomic mass is 9.92. The molecule has 1 saturated carbocycles. The molecule has 4 nitrogen and oxygen atoms in total. The Morgan fingerprint density at radius 3 is 2.26 bits per heavy atom. The van der Waals surface area contributed by atoms with Crippen molar-refractivity contribution in [3.63, 3.8) is 0 Å². The average molecular weight is 522 g/mol. The van der Waals surface area contributed by atoms with Gasteiger partial charge in [-0.25, -0.2) is 4.39 Å². The summed E-state index contributed by atoms with van der Waals surface area (Å²) in [5.74, 6) is 0.135. The number of benzene rings is 2. The van der Waals surface area contributed by atoms with Crippen LogP contribution in [0.5, 0.6) is 0 Å². The lowest BCUT2D eigenvalue weighted by molar-refractivity contribution is -0.143. The van der Waals surface area contributed by atoms with Crippen LogP contribution in [0.15, 0.2) is 54.6 Å². The molecule has 206 valence electrons. The van der Waals surface area contributed by atoms with Crippen molar-refractivity contribution in [1.29, 1.82) is 0 Å². The summed E-state index contributed by atoms with van der Waals surface area (Å²) in [7, 11) is 1.68. The maximum atomic E-state index is 13.6. The van der Waals surface area contributed by atoms with Crippen LogP contribution in [-0.2, 0) is 14.3 Å². The summed E-state index contributed by atoms with van der Waals surface area (Å²) in [5, 5.41) is 1.08. The lowest BCUT2D eigenvalue weighted by Crippen LogP contribution is -2.02. The Balaban J connectivity index is 0.000000650. The zero-order valence-electron chi connectivity index (χ0n) is 23.8. The Morgan fingerprint density at radius 2 is 1.66 bits per heavy atom. The molecule has 0 N–H and O–H groups in total. The number of fused-ring (bicyclic) bond motifs is 1. The van der Waals surface area contributed by atoms with Gasteiger partial charge in [-0.05, 0) is 69.7 Å². The predicted molar refractivity (Wildman–Crippen MR) is 157 cm³/mol. The first-order chi connectivity index (χ1) is 18.5. The molecule has 0 bridgehead atoms. The van der Waals surface area contributed by atoms with E-state index in [0.717, 1.165) is 72.0 Å². The third-order valence-corrected chi connectivity index (χ3v) is 5.94. The molecule has 3 aromatic rings. The van der Waals surface area contributed by atoms with E-state index in [2.05, 4.69) is 42.9 Å². The zero-order valence-corrected chi connectivity index (χ0v) is 23.8. The van der Waals surface area contributed by atoms with Crippen molar-refractivity contribution >= 4 is 22.9 Å². The van der Waals surface area contributed by atoms with Crippen LogP contribution in [0.25, 0.3) is 28.1 Å². The van der Waals surface area contributed by atoms with Gasteiger partial charge in [-0.3, -0.25) is 9.78 Å². The summed E-state index contributed by atoms with van der Waals surface area (Å²) in [4.78, 5) is 16.5. The largest absolute Gasteiger partial charge is 0.466 e.